The Labute approximate surface area is 114 Å². The van der Waals surface area contributed by atoms with Gasteiger partial charge in [-0.2, -0.15) is 0 Å². The smallest absolute Gasteiger partial charge is 0.0579 e. The minimum Gasteiger partial charge on any atom is -0.306 e. The maximum absolute atomic E-state index is 3.75. The van der Waals surface area contributed by atoms with Crippen molar-refractivity contribution in [1.29, 1.82) is 0 Å². The topological polar surface area (TPSA) is 12.0 Å². The molecule has 0 bridgehead atoms. The van der Waals surface area contributed by atoms with Gasteiger partial charge in [-0.3, -0.25) is 0 Å². The summed E-state index contributed by atoms with van der Waals surface area (Å²) in [6.45, 7) is 1.12. The minimum absolute atomic E-state index is 0.376. The Hall–Kier alpha value is -1.60. The molecule has 0 radical (unpaired) electrons. The van der Waals surface area contributed by atoms with E-state index in [4.69, 9.17) is 0 Å². The average Bonchev–Trinajstić information content (AvgIpc) is 2.79. The first-order chi connectivity index (χ1) is 9.43. The van der Waals surface area contributed by atoms with Crippen molar-refractivity contribution in [2.45, 2.75) is 25.3 Å². The zero-order valence-electron chi connectivity index (χ0n) is 11.1. The predicted octanol–water partition coefficient (Wildman–Crippen LogP) is 3.92. The molecule has 1 nitrogen and oxygen atoms in total. The number of allylic oxidation sites excluding steroid dienone is 4. The Morgan fingerprint density at radius 3 is 2.79 bits per heavy atom. The fourth-order valence-corrected chi connectivity index (χ4v) is 3.75. The second kappa shape index (κ2) is 4.50. The van der Waals surface area contributed by atoms with E-state index in [2.05, 4.69) is 53.9 Å². The number of hydrogen-bond acceptors (Lipinski definition) is 1. The zero-order valence-corrected chi connectivity index (χ0v) is 11.1. The van der Waals surface area contributed by atoms with E-state index >= 15 is 0 Å². The normalized spacial score (nSPS) is 28.9. The van der Waals surface area contributed by atoms with Crippen LogP contribution in [0.2, 0.25) is 0 Å². The van der Waals surface area contributed by atoms with Gasteiger partial charge in [0.2, 0.25) is 0 Å². The van der Waals surface area contributed by atoms with Crippen LogP contribution in [0.4, 0.5) is 0 Å². The van der Waals surface area contributed by atoms with E-state index in [0.29, 0.717) is 6.04 Å². The van der Waals surface area contributed by atoms with E-state index in [1.807, 2.05) is 0 Å². The summed E-state index contributed by atoms with van der Waals surface area (Å²) in [4.78, 5) is 0. The van der Waals surface area contributed by atoms with Crippen LogP contribution in [-0.2, 0) is 0 Å². The Morgan fingerprint density at radius 1 is 1.00 bits per heavy atom. The second-order valence-electron chi connectivity index (χ2n) is 5.72. The summed E-state index contributed by atoms with van der Waals surface area (Å²) in [5, 5.41) is 3.75. The van der Waals surface area contributed by atoms with E-state index < -0.39 is 0 Å². The number of benzene rings is 1. The van der Waals surface area contributed by atoms with Crippen molar-refractivity contribution in [3.63, 3.8) is 0 Å². The Balaban J connectivity index is 1.83. The first kappa shape index (κ1) is 11.2. The molecular weight excluding hydrogens is 230 g/mol. The fourth-order valence-electron chi connectivity index (χ4n) is 3.75. The van der Waals surface area contributed by atoms with Gasteiger partial charge in [-0.05, 0) is 54.0 Å². The maximum atomic E-state index is 3.75. The highest BCUT2D eigenvalue weighted by Gasteiger charge is 2.32. The molecular formula is C18H19N. The lowest BCUT2D eigenvalue weighted by Gasteiger charge is -2.23. The molecule has 1 aromatic carbocycles. The van der Waals surface area contributed by atoms with Gasteiger partial charge in [-0.25, -0.2) is 0 Å². The Morgan fingerprint density at radius 2 is 1.89 bits per heavy atom. The average molecular weight is 249 g/mol. The highest BCUT2D eigenvalue weighted by atomic mass is 14.9. The quantitative estimate of drug-likeness (QED) is 0.795. The van der Waals surface area contributed by atoms with Crippen LogP contribution < -0.4 is 5.32 Å². The zero-order chi connectivity index (χ0) is 12.7. The lowest BCUT2D eigenvalue weighted by Crippen LogP contribution is -2.22. The summed E-state index contributed by atoms with van der Waals surface area (Å²) in [6.07, 6.45) is 10.9. The van der Waals surface area contributed by atoms with Crippen LogP contribution >= 0.6 is 0 Å². The van der Waals surface area contributed by atoms with Crippen molar-refractivity contribution < 1.29 is 0 Å². The third-order valence-corrected chi connectivity index (χ3v) is 4.64. The molecule has 0 spiro atoms. The lowest BCUT2D eigenvalue weighted by molar-refractivity contribution is 0.500. The Bertz CT molecular complexity index is 577. The van der Waals surface area contributed by atoms with Crippen LogP contribution in [0.1, 0.15) is 30.9 Å². The summed E-state index contributed by atoms with van der Waals surface area (Å²) in [5.41, 5.74) is 6.03. The lowest BCUT2D eigenvalue weighted by atomic mass is 9.81. The van der Waals surface area contributed by atoms with Crippen molar-refractivity contribution in [2.24, 2.45) is 5.92 Å². The largest absolute Gasteiger partial charge is 0.306 e. The Kier molecular flexibility index (Phi) is 2.66. The van der Waals surface area contributed by atoms with Crippen LogP contribution in [-0.4, -0.2) is 6.54 Å². The van der Waals surface area contributed by atoms with E-state index in [-0.39, 0.29) is 0 Å². The summed E-state index contributed by atoms with van der Waals surface area (Å²) in [5.74, 6) is 0.770. The van der Waals surface area contributed by atoms with E-state index in [9.17, 15) is 0 Å². The van der Waals surface area contributed by atoms with Gasteiger partial charge in [0.15, 0.2) is 0 Å². The molecule has 0 unspecified atom stereocenters. The van der Waals surface area contributed by atoms with Gasteiger partial charge >= 0.3 is 0 Å². The molecule has 1 N–H and O–H groups in total. The van der Waals surface area contributed by atoms with Gasteiger partial charge in [0.05, 0.1) is 6.04 Å². The van der Waals surface area contributed by atoms with Crippen LogP contribution in [0, 0.1) is 5.92 Å². The van der Waals surface area contributed by atoms with Crippen LogP contribution in [0.25, 0.3) is 0 Å². The third kappa shape index (κ3) is 1.81. The van der Waals surface area contributed by atoms with E-state index in [0.717, 1.165) is 12.5 Å². The van der Waals surface area contributed by atoms with Crippen LogP contribution in [0.5, 0.6) is 0 Å². The highest BCUT2D eigenvalue weighted by molar-refractivity contribution is 5.59. The molecule has 1 aromatic rings. The van der Waals surface area contributed by atoms with Crippen LogP contribution in [0.15, 0.2) is 65.3 Å². The molecule has 3 aliphatic rings. The summed E-state index contributed by atoms with van der Waals surface area (Å²) < 4.78 is 0. The van der Waals surface area contributed by atoms with Gasteiger partial charge in [0, 0.05) is 0 Å². The van der Waals surface area contributed by atoms with Gasteiger partial charge in [0.25, 0.3) is 0 Å². The van der Waals surface area contributed by atoms with Crippen molar-refractivity contribution >= 4 is 0 Å². The molecule has 1 heteroatoms. The molecule has 0 saturated carbocycles. The molecule has 96 valence electrons. The van der Waals surface area contributed by atoms with Crippen molar-refractivity contribution in [1.82, 2.24) is 5.32 Å². The molecule has 1 heterocycles. The number of nitrogens with one attached hydrogen (secondary N) is 1. The van der Waals surface area contributed by atoms with Gasteiger partial charge in [0.1, 0.15) is 0 Å². The van der Waals surface area contributed by atoms with Crippen molar-refractivity contribution in [3.8, 4) is 0 Å². The molecule has 0 aromatic heterocycles. The van der Waals surface area contributed by atoms with Crippen LogP contribution in [0.3, 0.4) is 0 Å². The minimum atomic E-state index is 0.376. The summed E-state index contributed by atoms with van der Waals surface area (Å²) in [6, 6.07) is 11.2. The molecule has 0 fully saturated rings. The number of rotatable bonds is 1. The molecule has 0 saturated heterocycles. The fraction of sp³-hybridized carbons (Fsp3) is 0.333. The number of hydrogen-bond donors (Lipinski definition) is 1. The van der Waals surface area contributed by atoms with Gasteiger partial charge < -0.3 is 5.32 Å². The standard InChI is InChI=1S/C18H19N/c1-2-5-15(6-3-1)18-16-10-9-13-7-4-8-14(17(13)16)11-12-19-18/h1-3,5-7,9-10,14,18-19H,4,8,11-12H2/t14-,18-/m1/s1. The molecule has 0 amide bonds. The van der Waals surface area contributed by atoms with E-state index in [1.54, 1.807) is 5.57 Å². The predicted molar refractivity (Wildman–Crippen MR) is 78.8 cm³/mol. The highest BCUT2D eigenvalue weighted by Crippen LogP contribution is 2.44. The monoisotopic (exact) mass is 249 g/mol. The molecule has 2 atom stereocenters. The molecule has 1 aliphatic heterocycles. The molecule has 19 heavy (non-hydrogen) atoms. The van der Waals surface area contributed by atoms with Crippen molar-refractivity contribution in [3.05, 3.63) is 70.8 Å². The summed E-state index contributed by atoms with van der Waals surface area (Å²) >= 11 is 0. The second-order valence-corrected chi connectivity index (χ2v) is 5.72. The molecule has 2 aliphatic carbocycles. The third-order valence-electron chi connectivity index (χ3n) is 4.64. The SMILES string of the molecule is C1=CC2=C3C1=CCC[C@@H]3CCN[C@@H]2c1ccccc1. The first-order valence-corrected chi connectivity index (χ1v) is 7.34. The van der Waals surface area contributed by atoms with Gasteiger partial charge in [-0.1, -0.05) is 48.6 Å². The molecule has 4 rings (SSSR count). The maximum Gasteiger partial charge on any atom is 0.0579 e. The summed E-state index contributed by atoms with van der Waals surface area (Å²) in [7, 11) is 0. The first-order valence-electron chi connectivity index (χ1n) is 7.34. The van der Waals surface area contributed by atoms with E-state index in [1.165, 1.54) is 36.0 Å². The van der Waals surface area contributed by atoms with Gasteiger partial charge in [-0.15, -0.1) is 0 Å². The van der Waals surface area contributed by atoms with Crippen molar-refractivity contribution in [2.75, 3.05) is 6.54 Å².